The average molecular weight is 1070 g/mol. The van der Waals surface area contributed by atoms with Gasteiger partial charge in [-0.1, -0.05) is 32.8 Å². The lowest BCUT2D eigenvalue weighted by Crippen LogP contribution is -2.73. The Bertz CT molecular complexity index is 2810. The van der Waals surface area contributed by atoms with Crippen LogP contribution in [0.4, 0.5) is 13.2 Å². The van der Waals surface area contributed by atoms with E-state index in [1.54, 1.807) is 25.5 Å². The van der Waals surface area contributed by atoms with Crippen LogP contribution in [0.3, 0.4) is 0 Å². The first-order valence-electron chi connectivity index (χ1n) is 27.9. The van der Waals surface area contributed by atoms with Gasteiger partial charge in [0.1, 0.15) is 30.3 Å². The van der Waals surface area contributed by atoms with Crippen molar-refractivity contribution in [2.75, 3.05) is 53.0 Å². The van der Waals surface area contributed by atoms with Crippen molar-refractivity contribution in [3.05, 3.63) is 45.5 Å². The van der Waals surface area contributed by atoms with Gasteiger partial charge in [0.05, 0.1) is 60.5 Å². The topological polar surface area (TPSA) is 163 Å². The third-order valence-electron chi connectivity index (χ3n) is 17.7. The van der Waals surface area contributed by atoms with Crippen molar-refractivity contribution in [2.24, 2.45) is 22.2 Å². The number of carbonyl (C=O) groups is 4. The van der Waals surface area contributed by atoms with Crippen LogP contribution in [0.1, 0.15) is 114 Å². The Balaban J connectivity index is 0.858. The second-order valence-corrected chi connectivity index (χ2v) is 25.1. The molecule has 3 saturated carbocycles. The molecule has 12 rings (SSSR count). The molecule has 8 heterocycles. The molecule has 7 atom stereocenters. The molecular weight excluding hydrogens is 1000 g/mol. The third-order valence-corrected chi connectivity index (χ3v) is 18.6. The molecule has 76 heavy (non-hydrogen) atoms. The molecule has 6 bridgehead atoms. The molecule has 9 aliphatic rings. The van der Waals surface area contributed by atoms with Gasteiger partial charge in [-0.3, -0.25) is 39.0 Å². The number of benzene rings is 1. The molecule has 2 N–H and O–H groups in total. The summed E-state index contributed by atoms with van der Waals surface area (Å²) in [6, 6.07) is 3.92. The molecule has 7 fully saturated rings. The number of thiazole rings is 1. The van der Waals surface area contributed by atoms with Gasteiger partial charge < -0.3 is 29.0 Å². The normalized spacial score (nSPS) is 29.1. The number of ether oxygens (including phenoxy) is 3. The molecule has 20 heteroatoms. The van der Waals surface area contributed by atoms with Crippen molar-refractivity contribution >= 4 is 57.7 Å². The van der Waals surface area contributed by atoms with E-state index in [-0.39, 0.29) is 43.2 Å². The van der Waals surface area contributed by atoms with E-state index in [1.807, 2.05) is 37.1 Å². The SMILES string of the molecule is CO[C@@H](C)C1=C(c2c3c4cc(ccc4n2CC(F)(F)F)-c2csc(n2)C[C@H](NC(=O)[C@H](C2CCCC2)N2CCOC4(CN(C(=O)[C@H]5[C@@H](C6CC6)N5C5CC5)C4)C2)C(=O)N2CCC[C@H](N2)C(=O)OCC(C)(C)C3)CCC=N1. The number of hydrogen-bond acceptors (Lipinski definition) is 13. The number of amides is 3. The molecule has 16 nitrogen and oxygen atoms in total. The van der Waals surface area contributed by atoms with Crippen molar-refractivity contribution in [3.63, 3.8) is 0 Å². The highest BCUT2D eigenvalue weighted by atomic mass is 32.1. The number of hydrogen-bond donors (Lipinski definition) is 2. The summed E-state index contributed by atoms with van der Waals surface area (Å²) in [5.41, 5.74) is 5.91. The van der Waals surface area contributed by atoms with E-state index in [1.165, 1.54) is 46.6 Å². The number of morpholine rings is 1. The van der Waals surface area contributed by atoms with E-state index in [4.69, 9.17) is 24.2 Å². The summed E-state index contributed by atoms with van der Waals surface area (Å²) in [4.78, 5) is 74.7. The zero-order valence-electron chi connectivity index (χ0n) is 44.2. The standard InChI is InChI=1S/C56H72F3N9O7S/c1-32(73-4)45-37(11-7-19-60-45)48-39-25-54(2,3)31-74-53(72)40-12-8-20-67(63-40)51(70)41(24-44-61-42(26-76-44)35-15-18-43(38(39)23-35)66(48)30-56(57,58)59)62-50(69)47(33-9-5-6-10-33)64-21-22-75-55(27-64)28-65(29-55)52(71)49-46(34-13-14-34)68(49)36-16-17-36/h15,18-19,23,26,32-34,36,40-41,46-47,49,63H,5-14,16-17,20-22,24-25,27-31H2,1-4H3,(H,62,69)/t32-,40-,41-,46+,47-,49+,68?/m0/s1. The van der Waals surface area contributed by atoms with Crippen molar-refractivity contribution in [3.8, 4) is 11.3 Å². The number of esters is 1. The number of nitrogens with one attached hydrogen (secondary N) is 2. The Kier molecular flexibility index (Phi) is 13.8. The molecule has 3 aliphatic carbocycles. The largest absolute Gasteiger partial charge is 0.464 e. The summed E-state index contributed by atoms with van der Waals surface area (Å²) < 4.78 is 64.0. The Morgan fingerprint density at radius 1 is 1.03 bits per heavy atom. The van der Waals surface area contributed by atoms with Gasteiger partial charge in [0.15, 0.2) is 0 Å². The van der Waals surface area contributed by atoms with Crippen LogP contribution in [0, 0.1) is 17.3 Å². The molecule has 0 radical (unpaired) electrons. The van der Waals surface area contributed by atoms with Gasteiger partial charge in [0.25, 0.3) is 5.91 Å². The van der Waals surface area contributed by atoms with Crippen LogP contribution >= 0.6 is 11.3 Å². The highest BCUT2D eigenvalue weighted by Gasteiger charge is 2.65. The minimum atomic E-state index is -4.55. The molecule has 6 aliphatic heterocycles. The van der Waals surface area contributed by atoms with Gasteiger partial charge >= 0.3 is 12.1 Å². The van der Waals surface area contributed by atoms with Crippen LogP contribution < -0.4 is 10.7 Å². The Morgan fingerprint density at radius 3 is 2.55 bits per heavy atom. The Hall–Kier alpha value is -4.73. The summed E-state index contributed by atoms with van der Waals surface area (Å²) in [6.45, 7) is 7.23. The van der Waals surface area contributed by atoms with Crippen molar-refractivity contribution in [1.29, 1.82) is 0 Å². The van der Waals surface area contributed by atoms with Crippen LogP contribution in [0.2, 0.25) is 0 Å². The number of rotatable bonds is 11. The maximum absolute atomic E-state index is 15.2. The first kappa shape index (κ1) is 52.0. The third kappa shape index (κ3) is 10.3. The average Bonchev–Trinajstić information content (AvgIpc) is 4.39. The van der Waals surface area contributed by atoms with Gasteiger partial charge in [0.2, 0.25) is 11.8 Å². The number of aromatic nitrogens is 2. The second kappa shape index (κ2) is 20.2. The fraction of sp³-hybridized carbons (Fsp3) is 0.679. The fourth-order valence-electron chi connectivity index (χ4n) is 13.7. The number of carbonyl (C=O) groups excluding carboxylic acids is 4. The molecular formula is C56H72F3N9O7S. The van der Waals surface area contributed by atoms with Crippen LogP contribution in [-0.4, -0.2) is 166 Å². The number of fused-ring (bicyclic) bond motifs is 6. The van der Waals surface area contributed by atoms with E-state index in [9.17, 15) is 27.6 Å². The van der Waals surface area contributed by atoms with Gasteiger partial charge in [-0.05, 0) is 107 Å². The molecule has 2 aromatic heterocycles. The predicted molar refractivity (Wildman–Crippen MR) is 280 cm³/mol. The minimum absolute atomic E-state index is 0.00531. The molecule has 1 spiro atoms. The molecule has 1 aromatic carbocycles. The monoisotopic (exact) mass is 1070 g/mol. The zero-order valence-corrected chi connectivity index (χ0v) is 45.0. The van der Waals surface area contributed by atoms with E-state index < -0.39 is 59.8 Å². The molecule has 3 amide bonds. The Morgan fingerprint density at radius 2 is 1.82 bits per heavy atom. The van der Waals surface area contributed by atoms with E-state index in [0.717, 1.165) is 25.7 Å². The molecule has 3 aromatic rings. The lowest BCUT2D eigenvalue weighted by atomic mass is 9.83. The summed E-state index contributed by atoms with van der Waals surface area (Å²) in [7, 11) is 1.56. The zero-order chi connectivity index (χ0) is 52.8. The number of alkyl halides is 3. The van der Waals surface area contributed by atoms with Crippen molar-refractivity contribution in [1.82, 2.24) is 40.0 Å². The van der Waals surface area contributed by atoms with Crippen LogP contribution in [0.5, 0.6) is 0 Å². The van der Waals surface area contributed by atoms with Crippen LogP contribution in [0.25, 0.3) is 27.7 Å². The van der Waals surface area contributed by atoms with E-state index in [2.05, 4.69) is 20.5 Å². The first-order valence-corrected chi connectivity index (χ1v) is 28.8. The van der Waals surface area contributed by atoms with Gasteiger partial charge in [-0.2, -0.15) is 13.2 Å². The highest BCUT2D eigenvalue weighted by Crippen LogP contribution is 2.53. The maximum atomic E-state index is 15.2. The summed E-state index contributed by atoms with van der Waals surface area (Å²) in [6.07, 6.45) is 7.54. The molecule has 1 unspecified atom stereocenters. The number of nitrogens with zero attached hydrogens (tertiary/aromatic N) is 7. The second-order valence-electron chi connectivity index (χ2n) is 24.1. The lowest BCUT2D eigenvalue weighted by molar-refractivity contribution is -0.198. The quantitative estimate of drug-likeness (QED) is 0.156. The van der Waals surface area contributed by atoms with Crippen molar-refractivity contribution in [2.45, 2.75) is 171 Å². The number of likely N-dealkylation sites (tertiary alicyclic amines) is 1. The van der Waals surface area contributed by atoms with Gasteiger partial charge in [-0.25, -0.2) is 10.4 Å². The molecule has 410 valence electrons. The summed E-state index contributed by atoms with van der Waals surface area (Å²) in [5, 5.41) is 7.80. The van der Waals surface area contributed by atoms with Crippen LogP contribution in [0.15, 0.2) is 34.3 Å². The lowest BCUT2D eigenvalue weighted by Gasteiger charge is -2.55. The highest BCUT2D eigenvalue weighted by molar-refractivity contribution is 7.10. The number of aliphatic imine (C=N–C) groups is 1. The van der Waals surface area contributed by atoms with E-state index >= 15 is 4.79 Å². The number of cyclic esters (lactones) is 1. The smallest absolute Gasteiger partial charge is 0.406 e. The number of methoxy groups -OCH3 is 1. The number of hydrazine groups is 1. The molecule has 4 saturated heterocycles. The maximum Gasteiger partial charge on any atom is 0.406 e. The van der Waals surface area contributed by atoms with E-state index in [0.29, 0.717) is 133 Å². The summed E-state index contributed by atoms with van der Waals surface area (Å²) in [5.74, 6) is -0.249. The Labute approximate surface area is 446 Å². The number of allylic oxidation sites excluding steroid dienone is 1. The predicted octanol–water partition coefficient (Wildman–Crippen LogP) is 6.68. The van der Waals surface area contributed by atoms with Gasteiger partial charge in [0, 0.05) is 84.3 Å². The van der Waals surface area contributed by atoms with Crippen LogP contribution in [-0.2, 0) is 52.8 Å². The van der Waals surface area contributed by atoms with Gasteiger partial charge in [-0.15, -0.1) is 11.3 Å². The fourth-order valence-corrected chi connectivity index (χ4v) is 14.5. The summed E-state index contributed by atoms with van der Waals surface area (Å²) >= 11 is 1.35. The minimum Gasteiger partial charge on any atom is -0.464 e. The number of halogens is 3. The van der Waals surface area contributed by atoms with Crippen molar-refractivity contribution < 1.29 is 46.6 Å². The first-order chi connectivity index (χ1) is 36.5.